The van der Waals surface area contributed by atoms with Crippen molar-refractivity contribution in [2.24, 2.45) is 0 Å². The molecule has 0 radical (unpaired) electrons. The SMILES string of the molecule is COCCOCCCCNc1ccc(C(=O)O)c(C)n1. The topological polar surface area (TPSA) is 80.7 Å². The molecule has 0 saturated carbocycles. The zero-order chi connectivity index (χ0) is 14.8. The first-order valence-electron chi connectivity index (χ1n) is 6.66. The number of hydrogen-bond acceptors (Lipinski definition) is 5. The number of nitrogens with zero attached hydrogens (tertiary/aromatic N) is 1. The Morgan fingerprint density at radius 1 is 1.30 bits per heavy atom. The molecule has 0 fully saturated rings. The fourth-order valence-corrected chi connectivity index (χ4v) is 1.68. The van der Waals surface area contributed by atoms with Crippen molar-refractivity contribution in [3.63, 3.8) is 0 Å². The lowest BCUT2D eigenvalue weighted by molar-refractivity contribution is 0.0690. The molecule has 0 aromatic carbocycles. The van der Waals surface area contributed by atoms with Gasteiger partial charge in [0.1, 0.15) is 5.82 Å². The quantitative estimate of drug-likeness (QED) is 0.638. The minimum Gasteiger partial charge on any atom is -0.478 e. The predicted molar refractivity (Wildman–Crippen MR) is 76.4 cm³/mol. The van der Waals surface area contributed by atoms with Gasteiger partial charge in [0.05, 0.1) is 24.5 Å². The van der Waals surface area contributed by atoms with Crippen molar-refractivity contribution in [3.05, 3.63) is 23.4 Å². The smallest absolute Gasteiger partial charge is 0.337 e. The van der Waals surface area contributed by atoms with Crippen molar-refractivity contribution in [1.29, 1.82) is 0 Å². The van der Waals surface area contributed by atoms with Gasteiger partial charge in [0.25, 0.3) is 0 Å². The van der Waals surface area contributed by atoms with Gasteiger partial charge in [-0.15, -0.1) is 0 Å². The van der Waals surface area contributed by atoms with Gasteiger partial charge >= 0.3 is 5.97 Å². The van der Waals surface area contributed by atoms with Crippen molar-refractivity contribution in [2.75, 3.05) is 38.8 Å². The maximum absolute atomic E-state index is 10.9. The number of aromatic nitrogens is 1. The summed E-state index contributed by atoms with van der Waals surface area (Å²) < 4.78 is 10.2. The number of anilines is 1. The summed E-state index contributed by atoms with van der Waals surface area (Å²) in [6.07, 6.45) is 1.93. The van der Waals surface area contributed by atoms with Crippen LogP contribution in [0, 0.1) is 6.92 Å². The molecule has 1 aromatic heterocycles. The maximum Gasteiger partial charge on any atom is 0.337 e. The van der Waals surface area contributed by atoms with Crippen LogP contribution in [-0.4, -0.2) is 49.5 Å². The summed E-state index contributed by atoms with van der Waals surface area (Å²) in [6.45, 7) is 4.44. The Bertz CT molecular complexity index is 424. The summed E-state index contributed by atoms with van der Waals surface area (Å²) in [4.78, 5) is 15.1. The normalized spacial score (nSPS) is 10.5. The molecule has 2 N–H and O–H groups in total. The number of carboxylic acids is 1. The monoisotopic (exact) mass is 282 g/mol. The molecule has 1 aromatic rings. The van der Waals surface area contributed by atoms with E-state index in [-0.39, 0.29) is 5.56 Å². The average Bonchev–Trinajstić information content (AvgIpc) is 2.41. The number of rotatable bonds is 10. The second-order valence-electron chi connectivity index (χ2n) is 4.37. The van der Waals surface area contributed by atoms with Gasteiger partial charge in [-0.1, -0.05) is 0 Å². The van der Waals surface area contributed by atoms with Gasteiger partial charge < -0.3 is 19.9 Å². The number of methoxy groups -OCH3 is 1. The zero-order valence-corrected chi connectivity index (χ0v) is 12.0. The Balaban J connectivity index is 2.19. The summed E-state index contributed by atoms with van der Waals surface area (Å²) >= 11 is 0. The molecule has 0 aliphatic heterocycles. The fraction of sp³-hybridized carbons (Fsp3) is 0.571. The van der Waals surface area contributed by atoms with E-state index in [2.05, 4.69) is 10.3 Å². The standard InChI is InChI=1S/C14H22N2O4/c1-11-12(14(17)18)5-6-13(16-11)15-7-3-4-8-20-10-9-19-2/h5-6H,3-4,7-10H2,1-2H3,(H,15,16)(H,17,18). The molecule has 0 aliphatic carbocycles. The van der Waals surface area contributed by atoms with Crippen LogP contribution in [0.5, 0.6) is 0 Å². The van der Waals surface area contributed by atoms with E-state index in [1.54, 1.807) is 26.2 Å². The molecular formula is C14H22N2O4. The van der Waals surface area contributed by atoms with Gasteiger partial charge in [-0.25, -0.2) is 9.78 Å². The van der Waals surface area contributed by atoms with Crippen LogP contribution in [0.3, 0.4) is 0 Å². The highest BCUT2D eigenvalue weighted by molar-refractivity contribution is 5.89. The second-order valence-corrected chi connectivity index (χ2v) is 4.37. The molecule has 20 heavy (non-hydrogen) atoms. The minimum atomic E-state index is -0.949. The van der Waals surface area contributed by atoms with E-state index in [9.17, 15) is 4.79 Å². The van der Waals surface area contributed by atoms with Crippen molar-refractivity contribution in [1.82, 2.24) is 4.98 Å². The van der Waals surface area contributed by atoms with Gasteiger partial charge in [0, 0.05) is 20.3 Å². The van der Waals surface area contributed by atoms with Crippen LogP contribution in [-0.2, 0) is 9.47 Å². The third-order valence-electron chi connectivity index (χ3n) is 2.77. The van der Waals surface area contributed by atoms with Crippen molar-refractivity contribution < 1.29 is 19.4 Å². The Morgan fingerprint density at radius 3 is 2.75 bits per heavy atom. The maximum atomic E-state index is 10.9. The molecule has 1 rings (SSSR count). The van der Waals surface area contributed by atoms with Crippen LogP contribution < -0.4 is 5.32 Å². The van der Waals surface area contributed by atoms with E-state index in [4.69, 9.17) is 14.6 Å². The van der Waals surface area contributed by atoms with E-state index in [1.807, 2.05) is 0 Å². The Kier molecular flexibility index (Phi) is 7.60. The van der Waals surface area contributed by atoms with Crippen LogP contribution in [0.2, 0.25) is 0 Å². The highest BCUT2D eigenvalue weighted by Gasteiger charge is 2.08. The number of hydrogen-bond donors (Lipinski definition) is 2. The summed E-state index contributed by atoms with van der Waals surface area (Å²) in [5, 5.41) is 12.1. The van der Waals surface area contributed by atoms with Crippen LogP contribution in [0.15, 0.2) is 12.1 Å². The zero-order valence-electron chi connectivity index (χ0n) is 12.0. The van der Waals surface area contributed by atoms with E-state index in [0.29, 0.717) is 24.7 Å². The van der Waals surface area contributed by atoms with Gasteiger partial charge in [-0.05, 0) is 31.9 Å². The van der Waals surface area contributed by atoms with Crippen LogP contribution in [0.4, 0.5) is 5.82 Å². The number of carbonyl (C=O) groups is 1. The summed E-state index contributed by atoms with van der Waals surface area (Å²) in [5.41, 5.74) is 0.757. The van der Waals surface area contributed by atoms with E-state index in [1.165, 1.54) is 0 Å². The lowest BCUT2D eigenvalue weighted by Gasteiger charge is -2.08. The molecule has 0 atom stereocenters. The largest absolute Gasteiger partial charge is 0.478 e. The van der Waals surface area contributed by atoms with Crippen molar-refractivity contribution in [3.8, 4) is 0 Å². The fourth-order valence-electron chi connectivity index (χ4n) is 1.68. The van der Waals surface area contributed by atoms with Gasteiger partial charge in [-0.2, -0.15) is 0 Å². The minimum absolute atomic E-state index is 0.238. The Hall–Kier alpha value is -1.66. The van der Waals surface area contributed by atoms with E-state index >= 15 is 0 Å². The van der Waals surface area contributed by atoms with Crippen LogP contribution in [0.1, 0.15) is 28.9 Å². The predicted octanol–water partition coefficient (Wildman–Crippen LogP) is 1.94. The van der Waals surface area contributed by atoms with E-state index in [0.717, 1.165) is 26.0 Å². The number of pyridine rings is 1. The molecule has 0 bridgehead atoms. The third-order valence-corrected chi connectivity index (χ3v) is 2.77. The number of nitrogens with one attached hydrogen (secondary N) is 1. The van der Waals surface area contributed by atoms with Crippen LogP contribution >= 0.6 is 0 Å². The molecule has 0 spiro atoms. The van der Waals surface area contributed by atoms with E-state index < -0.39 is 5.97 Å². The summed E-state index contributed by atoms with van der Waals surface area (Å²) in [7, 11) is 1.65. The molecule has 0 unspecified atom stereocenters. The molecule has 6 heteroatoms. The van der Waals surface area contributed by atoms with Crippen molar-refractivity contribution >= 4 is 11.8 Å². The molecule has 1 heterocycles. The summed E-state index contributed by atoms with van der Waals surface area (Å²) in [5.74, 6) is -0.248. The number of aromatic carboxylic acids is 1. The first-order chi connectivity index (χ1) is 9.65. The second kappa shape index (κ2) is 9.28. The lowest BCUT2D eigenvalue weighted by atomic mass is 10.2. The van der Waals surface area contributed by atoms with Crippen molar-refractivity contribution in [2.45, 2.75) is 19.8 Å². The van der Waals surface area contributed by atoms with Gasteiger partial charge in [0.2, 0.25) is 0 Å². The van der Waals surface area contributed by atoms with Crippen LogP contribution in [0.25, 0.3) is 0 Å². The molecular weight excluding hydrogens is 260 g/mol. The highest BCUT2D eigenvalue weighted by atomic mass is 16.5. The lowest BCUT2D eigenvalue weighted by Crippen LogP contribution is -2.08. The Labute approximate surface area is 119 Å². The molecule has 0 aliphatic rings. The Morgan fingerprint density at radius 2 is 2.10 bits per heavy atom. The highest BCUT2D eigenvalue weighted by Crippen LogP contribution is 2.10. The molecule has 112 valence electrons. The molecule has 0 saturated heterocycles. The first-order valence-corrected chi connectivity index (χ1v) is 6.66. The molecule has 0 amide bonds. The van der Waals surface area contributed by atoms with Gasteiger partial charge in [0.15, 0.2) is 0 Å². The molecule has 6 nitrogen and oxygen atoms in total. The number of ether oxygens (including phenoxy) is 2. The number of unbranched alkanes of at least 4 members (excludes halogenated alkanes) is 1. The average molecular weight is 282 g/mol. The summed E-state index contributed by atoms with van der Waals surface area (Å²) in [6, 6.07) is 3.26. The number of carboxylic acid groups (broad SMARTS) is 1. The van der Waals surface area contributed by atoms with Gasteiger partial charge in [-0.3, -0.25) is 0 Å². The first kappa shape index (κ1) is 16.4. The third kappa shape index (κ3) is 5.99. The number of aryl methyl sites for hydroxylation is 1.